The minimum atomic E-state index is -0.656. The lowest BCUT2D eigenvalue weighted by molar-refractivity contribution is -0.139. The van der Waals surface area contributed by atoms with E-state index in [4.69, 9.17) is 14.2 Å². The molecule has 9 heteroatoms. The van der Waals surface area contributed by atoms with Crippen molar-refractivity contribution in [2.45, 2.75) is 19.9 Å². The smallest absolute Gasteiger partial charge is 0.338 e. The fourth-order valence-electron chi connectivity index (χ4n) is 4.14. The molecule has 0 N–H and O–H groups in total. The molecule has 1 aliphatic heterocycles. The molecule has 0 saturated carbocycles. The molecule has 1 atom stereocenters. The minimum absolute atomic E-state index is 0.226. The standard InChI is InChI=1S/C27H29N3O5S/c1-7-35-26(32)23-16(2)28-27-30(24(23)17-8-11-19(12-9-17)29(3)4)25(31)22(36-27)14-18-10-13-20(33-5)15-21(18)34-6/h8-15,24H,7H2,1-6H3/b22-14-/t24-/m1/s1. The highest BCUT2D eigenvalue weighted by Crippen LogP contribution is 2.32. The summed E-state index contributed by atoms with van der Waals surface area (Å²) in [5.41, 5.74) is 3.19. The molecule has 0 aliphatic carbocycles. The van der Waals surface area contributed by atoms with Crippen LogP contribution in [0.15, 0.2) is 63.5 Å². The van der Waals surface area contributed by atoms with E-state index >= 15 is 0 Å². The third-order valence-electron chi connectivity index (χ3n) is 5.97. The summed E-state index contributed by atoms with van der Waals surface area (Å²) in [5, 5.41) is 0. The lowest BCUT2D eigenvalue weighted by Crippen LogP contribution is -2.40. The molecular formula is C27H29N3O5S. The zero-order valence-electron chi connectivity index (χ0n) is 21.2. The van der Waals surface area contributed by atoms with Crippen molar-refractivity contribution in [3.8, 4) is 11.5 Å². The predicted molar refractivity (Wildman–Crippen MR) is 141 cm³/mol. The normalized spacial score (nSPS) is 15.3. The average Bonchev–Trinajstić information content (AvgIpc) is 3.17. The lowest BCUT2D eigenvalue weighted by atomic mass is 9.95. The number of anilines is 1. The average molecular weight is 508 g/mol. The van der Waals surface area contributed by atoms with Gasteiger partial charge in [0.15, 0.2) is 4.80 Å². The van der Waals surface area contributed by atoms with Gasteiger partial charge in [0.25, 0.3) is 5.56 Å². The number of fused-ring (bicyclic) bond motifs is 1. The SMILES string of the molecule is CCOC(=O)C1=C(C)N=c2s/c(=C\c3ccc(OC)cc3OC)c(=O)n2[C@@H]1c1ccc(N(C)C)cc1. The summed E-state index contributed by atoms with van der Waals surface area (Å²) < 4.78 is 18.2. The van der Waals surface area contributed by atoms with Gasteiger partial charge in [-0.05, 0) is 49.8 Å². The van der Waals surface area contributed by atoms with Gasteiger partial charge >= 0.3 is 5.97 Å². The third kappa shape index (κ3) is 4.66. The van der Waals surface area contributed by atoms with Crippen LogP contribution in [0.3, 0.4) is 0 Å². The topological polar surface area (TPSA) is 82.4 Å². The Morgan fingerprint density at radius 2 is 1.86 bits per heavy atom. The molecule has 0 spiro atoms. The Morgan fingerprint density at radius 3 is 2.47 bits per heavy atom. The summed E-state index contributed by atoms with van der Waals surface area (Å²) in [6.07, 6.45) is 1.78. The van der Waals surface area contributed by atoms with Crippen molar-refractivity contribution in [2.75, 3.05) is 39.8 Å². The van der Waals surface area contributed by atoms with Crippen LogP contribution < -0.4 is 29.3 Å². The van der Waals surface area contributed by atoms with Crippen molar-refractivity contribution >= 4 is 29.1 Å². The molecule has 36 heavy (non-hydrogen) atoms. The van der Waals surface area contributed by atoms with Crippen LogP contribution in [0.5, 0.6) is 11.5 Å². The number of thiazole rings is 1. The van der Waals surface area contributed by atoms with E-state index in [1.165, 1.54) is 11.3 Å². The molecule has 3 aromatic rings. The number of aromatic nitrogens is 1. The summed E-state index contributed by atoms with van der Waals surface area (Å²) in [6, 6.07) is 12.5. The van der Waals surface area contributed by atoms with Crippen molar-refractivity contribution in [3.63, 3.8) is 0 Å². The molecule has 0 unspecified atom stereocenters. The maximum absolute atomic E-state index is 13.8. The van der Waals surface area contributed by atoms with Crippen LogP contribution in [0.1, 0.15) is 31.0 Å². The zero-order chi connectivity index (χ0) is 26.0. The summed E-state index contributed by atoms with van der Waals surface area (Å²) in [7, 11) is 7.07. The van der Waals surface area contributed by atoms with E-state index in [2.05, 4.69) is 4.99 Å². The summed E-state index contributed by atoms with van der Waals surface area (Å²) in [6.45, 7) is 3.76. The molecule has 0 amide bonds. The Hall–Kier alpha value is -3.85. The van der Waals surface area contributed by atoms with Crippen LogP contribution in [0.4, 0.5) is 5.69 Å². The van der Waals surface area contributed by atoms with E-state index < -0.39 is 12.0 Å². The van der Waals surface area contributed by atoms with E-state index in [1.54, 1.807) is 44.8 Å². The predicted octanol–water partition coefficient (Wildman–Crippen LogP) is 2.88. The van der Waals surface area contributed by atoms with Gasteiger partial charge in [0.1, 0.15) is 11.5 Å². The Kier molecular flexibility index (Phi) is 7.30. The number of hydrogen-bond donors (Lipinski definition) is 0. The van der Waals surface area contributed by atoms with Crippen molar-refractivity contribution in [3.05, 3.63) is 84.5 Å². The first-order valence-electron chi connectivity index (χ1n) is 11.5. The van der Waals surface area contributed by atoms with E-state index in [0.717, 1.165) is 16.8 Å². The van der Waals surface area contributed by atoms with Crippen molar-refractivity contribution in [2.24, 2.45) is 4.99 Å². The van der Waals surface area contributed by atoms with Crippen LogP contribution in [-0.2, 0) is 9.53 Å². The van der Waals surface area contributed by atoms with Gasteiger partial charge in [0.05, 0.1) is 42.7 Å². The largest absolute Gasteiger partial charge is 0.497 e. The number of allylic oxidation sites excluding steroid dienone is 1. The maximum Gasteiger partial charge on any atom is 0.338 e. The maximum atomic E-state index is 13.8. The first-order valence-corrected chi connectivity index (χ1v) is 12.3. The molecule has 4 rings (SSSR count). The van der Waals surface area contributed by atoms with Crippen molar-refractivity contribution < 1.29 is 19.0 Å². The van der Waals surface area contributed by atoms with Crippen molar-refractivity contribution in [1.29, 1.82) is 0 Å². The van der Waals surface area contributed by atoms with Crippen LogP contribution in [0.2, 0.25) is 0 Å². The third-order valence-corrected chi connectivity index (χ3v) is 6.95. The second-order valence-electron chi connectivity index (χ2n) is 8.40. The molecule has 0 fully saturated rings. The first kappa shape index (κ1) is 25.2. The molecular weight excluding hydrogens is 478 g/mol. The summed E-state index contributed by atoms with van der Waals surface area (Å²) in [4.78, 5) is 33.9. The van der Waals surface area contributed by atoms with E-state index in [-0.39, 0.29) is 12.2 Å². The summed E-state index contributed by atoms with van der Waals surface area (Å²) >= 11 is 1.27. The van der Waals surface area contributed by atoms with Crippen LogP contribution in [-0.4, -0.2) is 45.5 Å². The van der Waals surface area contributed by atoms with Gasteiger partial charge in [0, 0.05) is 31.4 Å². The van der Waals surface area contributed by atoms with Crippen molar-refractivity contribution in [1.82, 2.24) is 4.57 Å². The van der Waals surface area contributed by atoms with Gasteiger partial charge in [0.2, 0.25) is 0 Å². The molecule has 188 valence electrons. The molecule has 0 bridgehead atoms. The minimum Gasteiger partial charge on any atom is -0.497 e. The molecule has 1 aliphatic rings. The van der Waals surface area contributed by atoms with Gasteiger partial charge in [-0.15, -0.1) is 0 Å². The Balaban J connectivity index is 1.93. The van der Waals surface area contributed by atoms with Gasteiger partial charge < -0.3 is 19.1 Å². The van der Waals surface area contributed by atoms with Crippen LogP contribution >= 0.6 is 11.3 Å². The lowest BCUT2D eigenvalue weighted by Gasteiger charge is -2.25. The highest BCUT2D eigenvalue weighted by atomic mass is 32.1. The number of esters is 1. The Bertz CT molecular complexity index is 1500. The molecule has 2 heterocycles. The molecule has 2 aromatic carbocycles. The number of benzene rings is 2. The van der Waals surface area contributed by atoms with Gasteiger partial charge in [-0.1, -0.05) is 23.5 Å². The molecule has 0 radical (unpaired) electrons. The van der Waals surface area contributed by atoms with E-state index in [0.29, 0.717) is 32.1 Å². The highest BCUT2D eigenvalue weighted by molar-refractivity contribution is 7.07. The number of nitrogens with zero attached hydrogens (tertiary/aromatic N) is 3. The number of methoxy groups -OCH3 is 2. The van der Waals surface area contributed by atoms with E-state index in [1.807, 2.05) is 55.4 Å². The molecule has 1 aromatic heterocycles. The zero-order valence-corrected chi connectivity index (χ0v) is 22.0. The quantitative estimate of drug-likeness (QED) is 0.458. The molecule has 8 nitrogen and oxygen atoms in total. The second kappa shape index (κ2) is 10.4. The molecule has 0 saturated heterocycles. The number of carbonyl (C=O) groups is 1. The fourth-order valence-corrected chi connectivity index (χ4v) is 5.18. The Labute approximate surface area is 213 Å². The fraction of sp³-hybridized carbons (Fsp3) is 0.296. The van der Waals surface area contributed by atoms with Gasteiger partial charge in [-0.25, -0.2) is 9.79 Å². The number of ether oxygens (including phenoxy) is 3. The van der Waals surface area contributed by atoms with Crippen LogP contribution in [0.25, 0.3) is 6.08 Å². The number of rotatable bonds is 7. The first-order chi connectivity index (χ1) is 17.3. The highest BCUT2D eigenvalue weighted by Gasteiger charge is 2.33. The number of hydrogen-bond acceptors (Lipinski definition) is 8. The van der Waals surface area contributed by atoms with Gasteiger partial charge in [-0.3, -0.25) is 9.36 Å². The summed E-state index contributed by atoms with van der Waals surface area (Å²) in [5.74, 6) is 0.757. The monoisotopic (exact) mass is 507 g/mol. The van der Waals surface area contributed by atoms with Gasteiger partial charge in [-0.2, -0.15) is 0 Å². The number of carbonyl (C=O) groups excluding carboxylic acids is 1. The second-order valence-corrected chi connectivity index (χ2v) is 9.41. The van der Waals surface area contributed by atoms with Crippen LogP contribution in [0, 0.1) is 0 Å². The van der Waals surface area contributed by atoms with E-state index in [9.17, 15) is 9.59 Å². The Morgan fingerprint density at radius 1 is 1.14 bits per heavy atom.